The lowest BCUT2D eigenvalue weighted by Gasteiger charge is -2.22. The van der Waals surface area contributed by atoms with Gasteiger partial charge in [-0.2, -0.15) is 5.10 Å². The summed E-state index contributed by atoms with van der Waals surface area (Å²) >= 11 is 6.57. The maximum atomic E-state index is 6.57. The van der Waals surface area contributed by atoms with Crippen molar-refractivity contribution in [2.24, 2.45) is 0 Å². The van der Waals surface area contributed by atoms with Gasteiger partial charge in [0.1, 0.15) is 11.4 Å². The lowest BCUT2D eigenvalue weighted by molar-refractivity contribution is 0.343. The molecule has 0 aliphatic carbocycles. The molecule has 0 radical (unpaired) electrons. The van der Waals surface area contributed by atoms with Gasteiger partial charge in [0.2, 0.25) is 0 Å². The van der Waals surface area contributed by atoms with E-state index in [2.05, 4.69) is 26.3 Å². The van der Waals surface area contributed by atoms with Gasteiger partial charge in [0.25, 0.3) is 0 Å². The summed E-state index contributed by atoms with van der Waals surface area (Å²) in [6, 6.07) is 10.1. The number of anilines is 1. The molecule has 4 aromatic rings. The van der Waals surface area contributed by atoms with Crippen molar-refractivity contribution in [2.45, 2.75) is 18.9 Å². The van der Waals surface area contributed by atoms with Crippen LogP contribution in [-0.2, 0) is 0 Å². The second-order valence-corrected chi connectivity index (χ2v) is 7.47. The fraction of sp³-hybridized carbons (Fsp3) is 0.238. The predicted octanol–water partition coefficient (Wildman–Crippen LogP) is 5.36. The maximum absolute atomic E-state index is 6.57. The van der Waals surface area contributed by atoms with Crippen LogP contribution in [-0.4, -0.2) is 27.9 Å². The van der Waals surface area contributed by atoms with Crippen LogP contribution in [0, 0.1) is 0 Å². The summed E-state index contributed by atoms with van der Waals surface area (Å²) in [6.07, 6.45) is 7.88. The summed E-state index contributed by atoms with van der Waals surface area (Å²) in [5.74, 6) is 0.927. The number of hydrogen-bond donors (Lipinski definition) is 2. The van der Waals surface area contributed by atoms with Gasteiger partial charge < -0.3 is 15.5 Å². The normalized spacial score (nSPS) is 14.3. The highest BCUT2D eigenvalue weighted by molar-refractivity contribution is 6.38. The van der Waals surface area contributed by atoms with Crippen LogP contribution in [0.3, 0.4) is 0 Å². The summed E-state index contributed by atoms with van der Waals surface area (Å²) < 4.78 is 8.03. The summed E-state index contributed by atoms with van der Waals surface area (Å²) in [4.78, 5) is 4.38. The van der Waals surface area contributed by atoms with Crippen molar-refractivity contribution in [3.8, 4) is 22.5 Å². The number of aromatic nitrogens is 3. The first-order valence-corrected chi connectivity index (χ1v) is 9.76. The van der Waals surface area contributed by atoms with Crippen LogP contribution in [0.4, 0.5) is 5.82 Å². The first-order valence-electron chi connectivity index (χ1n) is 9.39. The van der Waals surface area contributed by atoms with Gasteiger partial charge in [0, 0.05) is 28.9 Å². The Hall–Kier alpha value is -2.25. The molecule has 30 heavy (non-hydrogen) atoms. The average Bonchev–Trinajstić information content (AvgIpc) is 3.35. The lowest BCUT2D eigenvalue weighted by Crippen LogP contribution is -2.29. The Labute approximate surface area is 191 Å². The van der Waals surface area contributed by atoms with Crippen LogP contribution in [0.25, 0.3) is 33.4 Å². The van der Waals surface area contributed by atoms with Crippen LogP contribution in [0.15, 0.2) is 53.3 Å². The maximum Gasteiger partial charge on any atom is 0.157 e. The Kier molecular flexibility index (Phi) is 6.93. The molecule has 0 spiro atoms. The highest BCUT2D eigenvalue weighted by atomic mass is 35.5. The largest absolute Gasteiger partial charge is 0.454 e. The van der Waals surface area contributed by atoms with Crippen molar-refractivity contribution in [3.63, 3.8) is 0 Å². The molecule has 1 aliphatic rings. The second-order valence-electron chi connectivity index (χ2n) is 7.09. The number of pyridine rings is 1. The Morgan fingerprint density at radius 2 is 1.87 bits per heavy atom. The topological polar surface area (TPSA) is 81.9 Å². The van der Waals surface area contributed by atoms with E-state index in [1.54, 1.807) is 6.20 Å². The molecule has 1 fully saturated rings. The Morgan fingerprint density at radius 1 is 1.10 bits per heavy atom. The van der Waals surface area contributed by atoms with Crippen molar-refractivity contribution in [3.05, 3.63) is 53.9 Å². The quantitative estimate of drug-likeness (QED) is 0.424. The lowest BCUT2D eigenvalue weighted by atomic mass is 10.1. The van der Waals surface area contributed by atoms with E-state index >= 15 is 0 Å². The summed E-state index contributed by atoms with van der Waals surface area (Å²) in [5.41, 5.74) is 9.50. The molecule has 0 saturated carbocycles. The third kappa shape index (κ3) is 4.01. The number of benzene rings is 1. The number of rotatable bonds is 3. The Bertz CT molecular complexity index is 1150. The van der Waals surface area contributed by atoms with E-state index in [0.29, 0.717) is 28.2 Å². The highest BCUT2D eigenvalue weighted by Gasteiger charge is 2.19. The minimum atomic E-state index is 0. The molecular weight excluding hydrogens is 445 g/mol. The van der Waals surface area contributed by atoms with Crippen molar-refractivity contribution < 1.29 is 4.42 Å². The fourth-order valence-corrected chi connectivity index (χ4v) is 4.06. The summed E-state index contributed by atoms with van der Waals surface area (Å²) in [6.45, 7) is 2.05. The number of nitrogens with one attached hydrogen (secondary N) is 1. The molecule has 1 aromatic carbocycles. The third-order valence-electron chi connectivity index (χ3n) is 5.32. The second kappa shape index (κ2) is 9.27. The molecule has 9 heteroatoms. The van der Waals surface area contributed by atoms with Crippen molar-refractivity contribution >= 4 is 53.2 Å². The molecule has 158 valence electrons. The SMILES string of the molecule is Cl.Cl.Nc1ncc(-c2cnn(C3CCNCC3)c2)cc1-c1oc2ccccc2c1Cl. The zero-order valence-corrected chi connectivity index (χ0v) is 18.4. The number of hydrogen-bond acceptors (Lipinski definition) is 5. The van der Waals surface area contributed by atoms with E-state index in [1.807, 2.05) is 36.5 Å². The van der Waals surface area contributed by atoms with Crippen LogP contribution in [0.1, 0.15) is 18.9 Å². The van der Waals surface area contributed by atoms with Crippen LogP contribution in [0.5, 0.6) is 0 Å². The smallest absolute Gasteiger partial charge is 0.157 e. The molecule has 1 saturated heterocycles. The van der Waals surface area contributed by atoms with E-state index in [4.69, 9.17) is 21.8 Å². The number of para-hydroxylation sites is 1. The van der Waals surface area contributed by atoms with Crippen molar-refractivity contribution in [2.75, 3.05) is 18.8 Å². The molecule has 0 bridgehead atoms. The number of furan rings is 1. The van der Waals surface area contributed by atoms with E-state index in [1.165, 1.54) is 0 Å². The van der Waals surface area contributed by atoms with Crippen LogP contribution < -0.4 is 11.1 Å². The first-order chi connectivity index (χ1) is 13.7. The molecule has 5 rings (SSSR count). The number of halogens is 3. The molecule has 4 heterocycles. The fourth-order valence-electron chi connectivity index (χ4n) is 3.76. The molecule has 3 N–H and O–H groups in total. The van der Waals surface area contributed by atoms with Gasteiger partial charge in [0.05, 0.1) is 22.8 Å². The van der Waals surface area contributed by atoms with Gasteiger partial charge in [-0.25, -0.2) is 4.98 Å². The number of nitrogens with zero attached hydrogens (tertiary/aromatic N) is 3. The van der Waals surface area contributed by atoms with E-state index in [0.717, 1.165) is 48.0 Å². The summed E-state index contributed by atoms with van der Waals surface area (Å²) in [7, 11) is 0. The van der Waals surface area contributed by atoms with Gasteiger partial charge in [-0.3, -0.25) is 4.68 Å². The molecular formula is C21H22Cl3N5O. The molecule has 0 amide bonds. The number of fused-ring (bicyclic) bond motifs is 1. The minimum Gasteiger partial charge on any atom is -0.454 e. The van der Waals surface area contributed by atoms with Gasteiger partial charge in [0.15, 0.2) is 5.76 Å². The number of piperidine rings is 1. The Balaban J connectivity index is 0.00000128. The van der Waals surface area contributed by atoms with Crippen LogP contribution in [0.2, 0.25) is 5.02 Å². The van der Waals surface area contributed by atoms with Crippen molar-refractivity contribution in [1.82, 2.24) is 20.1 Å². The van der Waals surface area contributed by atoms with Crippen molar-refractivity contribution in [1.29, 1.82) is 0 Å². The minimum absolute atomic E-state index is 0. The number of nitrogens with two attached hydrogens (primary N) is 1. The molecule has 3 aromatic heterocycles. The Morgan fingerprint density at radius 3 is 2.63 bits per heavy atom. The van der Waals surface area contributed by atoms with Gasteiger partial charge in [-0.1, -0.05) is 23.7 Å². The molecule has 1 aliphatic heterocycles. The average molecular weight is 467 g/mol. The first kappa shape index (κ1) is 22.4. The van der Waals surface area contributed by atoms with E-state index in [9.17, 15) is 0 Å². The molecule has 0 atom stereocenters. The summed E-state index contributed by atoms with van der Waals surface area (Å²) in [5, 5.41) is 9.37. The number of nitrogen functional groups attached to an aromatic ring is 1. The highest BCUT2D eigenvalue weighted by Crippen LogP contribution is 2.40. The predicted molar refractivity (Wildman–Crippen MR) is 126 cm³/mol. The monoisotopic (exact) mass is 465 g/mol. The zero-order chi connectivity index (χ0) is 19.1. The third-order valence-corrected chi connectivity index (χ3v) is 5.69. The van der Waals surface area contributed by atoms with Gasteiger partial charge in [-0.05, 0) is 44.1 Å². The standard InChI is InChI=1S/C21H20ClN5O.2ClH/c22-19-16-3-1-2-4-18(16)28-20(19)17-9-13(10-25-21(17)23)14-11-26-27(12-14)15-5-7-24-8-6-15;;/h1-4,9-12,15,24H,5-8H2,(H2,23,25);2*1H. The van der Waals surface area contributed by atoms with Crippen LogP contribution >= 0.6 is 36.4 Å². The van der Waals surface area contributed by atoms with E-state index < -0.39 is 0 Å². The zero-order valence-electron chi connectivity index (χ0n) is 16.0. The molecule has 0 unspecified atom stereocenters. The van der Waals surface area contributed by atoms with Gasteiger partial charge in [-0.15, -0.1) is 24.8 Å². The van der Waals surface area contributed by atoms with E-state index in [-0.39, 0.29) is 24.8 Å². The molecule has 6 nitrogen and oxygen atoms in total. The van der Waals surface area contributed by atoms with Gasteiger partial charge >= 0.3 is 0 Å².